The Bertz CT molecular complexity index is 1330. The number of hydrogen-bond donors (Lipinski definition) is 0. The highest BCUT2D eigenvalue weighted by Crippen LogP contribution is 2.37. The Balaban J connectivity index is 1.73. The zero-order valence-corrected chi connectivity index (χ0v) is 16.6. The fourth-order valence-corrected chi connectivity index (χ4v) is 4.08. The molecule has 0 atom stereocenters. The summed E-state index contributed by atoms with van der Waals surface area (Å²) < 4.78 is 1.67. The zero-order chi connectivity index (χ0) is 20.3. The summed E-state index contributed by atoms with van der Waals surface area (Å²) in [5.41, 5.74) is 2.72. The highest BCUT2D eigenvalue weighted by Gasteiger charge is 2.40. The van der Waals surface area contributed by atoms with Crippen LogP contribution in [0.3, 0.4) is 0 Å². The van der Waals surface area contributed by atoms with Crippen molar-refractivity contribution in [2.24, 2.45) is 0 Å². The fourth-order valence-electron chi connectivity index (χ4n) is 3.59. The van der Waals surface area contributed by atoms with Crippen molar-refractivity contribution in [3.05, 3.63) is 81.6 Å². The fraction of sp³-hybridized carbons (Fsp3) is 0.0476. The number of para-hydroxylation sites is 1. The van der Waals surface area contributed by atoms with E-state index in [9.17, 15) is 9.59 Å². The number of aromatic nitrogens is 3. The molecule has 3 heterocycles. The van der Waals surface area contributed by atoms with Crippen molar-refractivity contribution in [1.29, 1.82) is 0 Å². The molecule has 2 amide bonds. The minimum Gasteiger partial charge on any atom is -0.268 e. The number of carbonyl (C=O) groups excluding carboxylic acids is 2. The van der Waals surface area contributed by atoms with Crippen LogP contribution in [0.25, 0.3) is 16.7 Å². The smallest absolute Gasteiger partial charge is 0.267 e. The van der Waals surface area contributed by atoms with E-state index in [2.05, 4.69) is 10.1 Å². The first-order valence-corrected chi connectivity index (χ1v) is 9.50. The quantitative estimate of drug-likeness (QED) is 0.433. The molecule has 2 aromatic heterocycles. The summed E-state index contributed by atoms with van der Waals surface area (Å²) in [7, 11) is 0. The molecule has 0 N–H and O–H groups in total. The lowest BCUT2D eigenvalue weighted by Gasteiger charge is -2.15. The van der Waals surface area contributed by atoms with Gasteiger partial charge in [0.1, 0.15) is 0 Å². The van der Waals surface area contributed by atoms with Gasteiger partial charge in [0.05, 0.1) is 38.6 Å². The number of nitrogens with zero attached hydrogens (tertiary/aromatic N) is 4. The number of halogens is 2. The van der Waals surface area contributed by atoms with Crippen molar-refractivity contribution >= 4 is 51.7 Å². The summed E-state index contributed by atoms with van der Waals surface area (Å²) in [5.74, 6) is -0.937. The van der Waals surface area contributed by atoms with Gasteiger partial charge >= 0.3 is 0 Å². The number of carbonyl (C=O) groups is 2. The van der Waals surface area contributed by atoms with Crippen LogP contribution in [-0.2, 0) is 0 Å². The Morgan fingerprint density at radius 3 is 2.45 bits per heavy atom. The van der Waals surface area contributed by atoms with Crippen molar-refractivity contribution in [3.63, 3.8) is 0 Å². The Kier molecular flexibility index (Phi) is 3.94. The average Bonchev–Trinajstić information content (AvgIpc) is 3.18. The largest absolute Gasteiger partial charge is 0.268 e. The van der Waals surface area contributed by atoms with Gasteiger partial charge in [-0.1, -0.05) is 41.4 Å². The molecule has 5 rings (SSSR count). The standard InChI is InChI=1S/C21H12Cl2N4O2/c1-11-17-18-14(10-24-19(17)27(25-11)13-5-3-2-4-6-13)20(28)26(21(18)29)16-8-7-12(22)9-15(16)23/h2-10H,1H3. The molecular formula is C21H12Cl2N4O2. The Morgan fingerprint density at radius 2 is 1.72 bits per heavy atom. The molecule has 4 aromatic rings. The number of fused-ring (bicyclic) bond motifs is 3. The van der Waals surface area contributed by atoms with Crippen LogP contribution < -0.4 is 4.90 Å². The SMILES string of the molecule is Cc1nn(-c2ccccc2)c2ncc3c(c12)C(=O)N(c1ccc(Cl)cc1Cl)C3=O. The van der Waals surface area contributed by atoms with Crippen molar-refractivity contribution < 1.29 is 9.59 Å². The highest BCUT2D eigenvalue weighted by molar-refractivity contribution is 6.42. The third kappa shape index (κ3) is 2.57. The summed E-state index contributed by atoms with van der Waals surface area (Å²) in [4.78, 5) is 31.8. The first-order valence-electron chi connectivity index (χ1n) is 8.75. The highest BCUT2D eigenvalue weighted by atomic mass is 35.5. The first kappa shape index (κ1) is 17.8. The van der Waals surface area contributed by atoms with Gasteiger partial charge in [-0.2, -0.15) is 5.10 Å². The van der Waals surface area contributed by atoms with Crippen LogP contribution in [0.1, 0.15) is 26.4 Å². The van der Waals surface area contributed by atoms with E-state index in [1.165, 1.54) is 12.3 Å². The Morgan fingerprint density at radius 1 is 0.966 bits per heavy atom. The predicted octanol–water partition coefficient (Wildman–Crippen LogP) is 4.84. The molecule has 0 bridgehead atoms. The van der Waals surface area contributed by atoms with Crippen LogP contribution in [0.2, 0.25) is 10.0 Å². The van der Waals surface area contributed by atoms with Gasteiger partial charge in [0, 0.05) is 11.2 Å². The van der Waals surface area contributed by atoms with E-state index < -0.39 is 11.8 Å². The second-order valence-corrected chi connectivity index (χ2v) is 7.46. The van der Waals surface area contributed by atoms with Crippen LogP contribution in [0.5, 0.6) is 0 Å². The maximum atomic E-state index is 13.3. The molecule has 6 nitrogen and oxygen atoms in total. The number of imide groups is 1. The topological polar surface area (TPSA) is 68.1 Å². The van der Waals surface area contributed by atoms with Gasteiger partial charge < -0.3 is 0 Å². The van der Waals surface area contributed by atoms with Crippen molar-refractivity contribution in [1.82, 2.24) is 14.8 Å². The third-order valence-electron chi connectivity index (χ3n) is 4.87. The third-order valence-corrected chi connectivity index (χ3v) is 5.41. The van der Waals surface area contributed by atoms with E-state index in [-0.39, 0.29) is 21.8 Å². The van der Waals surface area contributed by atoms with E-state index in [1.54, 1.807) is 23.7 Å². The number of aryl methyl sites for hydroxylation is 1. The minimum absolute atomic E-state index is 0.216. The summed E-state index contributed by atoms with van der Waals surface area (Å²) in [6, 6.07) is 14.1. The summed E-state index contributed by atoms with van der Waals surface area (Å²) in [6.45, 7) is 1.79. The van der Waals surface area contributed by atoms with Gasteiger partial charge in [0.25, 0.3) is 11.8 Å². The van der Waals surface area contributed by atoms with E-state index in [0.29, 0.717) is 21.7 Å². The number of benzene rings is 2. The molecule has 0 fully saturated rings. The van der Waals surface area contributed by atoms with E-state index >= 15 is 0 Å². The zero-order valence-electron chi connectivity index (χ0n) is 15.1. The molecule has 1 aliphatic rings. The minimum atomic E-state index is -0.476. The normalized spacial score (nSPS) is 13.4. The first-order chi connectivity index (χ1) is 14.0. The number of amides is 2. The summed E-state index contributed by atoms with van der Waals surface area (Å²) in [6.07, 6.45) is 1.42. The Hall–Kier alpha value is -3.22. The number of pyridine rings is 1. The molecule has 0 radical (unpaired) electrons. The van der Waals surface area contributed by atoms with Gasteiger partial charge in [0.15, 0.2) is 5.65 Å². The molecule has 8 heteroatoms. The van der Waals surface area contributed by atoms with E-state index in [4.69, 9.17) is 23.2 Å². The second kappa shape index (κ2) is 6.40. The molecule has 29 heavy (non-hydrogen) atoms. The van der Waals surface area contributed by atoms with Gasteiger partial charge in [-0.25, -0.2) is 14.6 Å². The van der Waals surface area contributed by atoms with Gasteiger partial charge in [-0.3, -0.25) is 9.59 Å². The van der Waals surface area contributed by atoms with Crippen LogP contribution in [-0.4, -0.2) is 26.6 Å². The van der Waals surface area contributed by atoms with E-state index in [1.807, 2.05) is 30.3 Å². The molecule has 2 aromatic carbocycles. The van der Waals surface area contributed by atoms with Crippen molar-refractivity contribution in [2.75, 3.05) is 4.90 Å². The summed E-state index contributed by atoms with van der Waals surface area (Å²) in [5, 5.41) is 5.74. The Labute approximate surface area is 175 Å². The van der Waals surface area contributed by atoms with E-state index in [0.717, 1.165) is 10.6 Å². The molecule has 142 valence electrons. The molecule has 0 saturated carbocycles. The van der Waals surface area contributed by atoms with Gasteiger partial charge in [0.2, 0.25) is 0 Å². The number of rotatable bonds is 2. The average molecular weight is 423 g/mol. The van der Waals surface area contributed by atoms with Crippen molar-refractivity contribution in [2.45, 2.75) is 6.92 Å². The molecule has 0 saturated heterocycles. The lowest BCUT2D eigenvalue weighted by atomic mass is 10.1. The molecule has 0 aliphatic carbocycles. The molecule has 0 spiro atoms. The molecule has 0 unspecified atom stereocenters. The lowest BCUT2D eigenvalue weighted by molar-refractivity contribution is 0.0926. The second-order valence-electron chi connectivity index (χ2n) is 6.62. The lowest BCUT2D eigenvalue weighted by Crippen LogP contribution is -2.29. The molecular weight excluding hydrogens is 411 g/mol. The molecule has 1 aliphatic heterocycles. The monoisotopic (exact) mass is 422 g/mol. The van der Waals surface area contributed by atoms with Crippen LogP contribution in [0, 0.1) is 6.92 Å². The van der Waals surface area contributed by atoms with Gasteiger partial charge in [-0.15, -0.1) is 0 Å². The van der Waals surface area contributed by atoms with Crippen molar-refractivity contribution in [3.8, 4) is 5.69 Å². The number of anilines is 1. The maximum Gasteiger partial charge on any atom is 0.267 e. The number of hydrogen-bond acceptors (Lipinski definition) is 4. The van der Waals surface area contributed by atoms with Crippen LogP contribution in [0.4, 0.5) is 5.69 Å². The van der Waals surface area contributed by atoms with Gasteiger partial charge in [-0.05, 0) is 37.3 Å². The predicted molar refractivity (Wildman–Crippen MR) is 111 cm³/mol. The maximum absolute atomic E-state index is 13.3. The van der Waals surface area contributed by atoms with Crippen LogP contribution in [0.15, 0.2) is 54.7 Å². The van der Waals surface area contributed by atoms with Crippen LogP contribution >= 0.6 is 23.2 Å². The summed E-state index contributed by atoms with van der Waals surface area (Å²) >= 11 is 12.2.